The van der Waals surface area contributed by atoms with Crippen LogP contribution in [-0.2, 0) is 0 Å². The molecule has 1 heterocycles. The smallest absolute Gasteiger partial charge is 0.273 e. The maximum Gasteiger partial charge on any atom is 0.273 e. The molecule has 0 fully saturated rings. The summed E-state index contributed by atoms with van der Waals surface area (Å²) in [4.78, 5) is 15.7. The summed E-state index contributed by atoms with van der Waals surface area (Å²) >= 11 is 6.03. The Bertz CT molecular complexity index is 660. The summed E-state index contributed by atoms with van der Waals surface area (Å²) in [5.41, 5.74) is -0.180. The van der Waals surface area contributed by atoms with Crippen molar-refractivity contribution < 1.29 is 19.7 Å². The molecule has 0 saturated heterocycles. The Morgan fingerprint density at radius 3 is 2.85 bits per heavy atom. The van der Waals surface area contributed by atoms with E-state index in [1.807, 2.05) is 0 Å². The van der Waals surface area contributed by atoms with Crippen LogP contribution in [0.5, 0.6) is 11.5 Å². The lowest BCUT2D eigenvalue weighted by molar-refractivity contribution is 0.0937. The zero-order chi connectivity index (χ0) is 14.7. The molecule has 3 N–H and O–H groups in total. The summed E-state index contributed by atoms with van der Waals surface area (Å²) in [6.45, 7) is -0.136. The highest BCUT2D eigenvalue weighted by molar-refractivity contribution is 6.35. The SMILES string of the molecule is COc1ccc2c(O)c(C(=O)NCCO)nc(Cl)c2c1. The average Bonchev–Trinajstić information content (AvgIpc) is 2.47. The van der Waals surface area contributed by atoms with E-state index in [2.05, 4.69) is 10.3 Å². The molecule has 1 aromatic heterocycles. The van der Waals surface area contributed by atoms with E-state index in [1.165, 1.54) is 7.11 Å². The monoisotopic (exact) mass is 296 g/mol. The first-order valence-electron chi connectivity index (χ1n) is 5.83. The van der Waals surface area contributed by atoms with Crippen LogP contribution in [0.2, 0.25) is 5.15 Å². The number of fused-ring (bicyclic) bond motifs is 1. The Morgan fingerprint density at radius 1 is 1.45 bits per heavy atom. The molecule has 106 valence electrons. The van der Waals surface area contributed by atoms with Crippen LogP contribution in [0.3, 0.4) is 0 Å². The molecule has 0 aliphatic carbocycles. The van der Waals surface area contributed by atoms with Gasteiger partial charge in [-0.15, -0.1) is 0 Å². The summed E-state index contributed by atoms with van der Waals surface area (Å²) < 4.78 is 5.07. The maximum absolute atomic E-state index is 11.8. The Kier molecular flexibility index (Phi) is 4.26. The number of carbonyl (C=O) groups excluding carboxylic acids is 1. The minimum atomic E-state index is -0.601. The van der Waals surface area contributed by atoms with Crippen molar-refractivity contribution in [2.45, 2.75) is 0 Å². The number of aromatic hydroxyl groups is 1. The van der Waals surface area contributed by atoms with Gasteiger partial charge in [-0.1, -0.05) is 11.6 Å². The number of amides is 1. The third-order valence-corrected chi connectivity index (χ3v) is 3.04. The van der Waals surface area contributed by atoms with Gasteiger partial charge in [0.15, 0.2) is 11.4 Å². The van der Waals surface area contributed by atoms with Crippen molar-refractivity contribution in [1.29, 1.82) is 0 Å². The van der Waals surface area contributed by atoms with Gasteiger partial charge in [0.05, 0.1) is 13.7 Å². The molecular weight excluding hydrogens is 284 g/mol. The zero-order valence-corrected chi connectivity index (χ0v) is 11.4. The minimum absolute atomic E-state index is 0.0677. The second-order valence-electron chi connectivity index (χ2n) is 3.99. The predicted molar refractivity (Wildman–Crippen MR) is 74.4 cm³/mol. The summed E-state index contributed by atoms with van der Waals surface area (Å²) in [6, 6.07) is 4.87. The van der Waals surface area contributed by atoms with E-state index in [0.29, 0.717) is 16.5 Å². The Hall–Kier alpha value is -2.05. The highest BCUT2D eigenvalue weighted by Crippen LogP contribution is 2.34. The van der Waals surface area contributed by atoms with Crippen LogP contribution in [0.25, 0.3) is 10.8 Å². The van der Waals surface area contributed by atoms with Gasteiger partial charge >= 0.3 is 0 Å². The predicted octanol–water partition coefficient (Wildman–Crippen LogP) is 1.32. The van der Waals surface area contributed by atoms with Gasteiger partial charge in [0.1, 0.15) is 10.9 Å². The Morgan fingerprint density at radius 2 is 2.20 bits per heavy atom. The summed E-state index contributed by atoms with van der Waals surface area (Å²) in [5, 5.41) is 22.2. The van der Waals surface area contributed by atoms with Gasteiger partial charge in [0.25, 0.3) is 5.91 Å². The average molecular weight is 297 g/mol. The molecule has 0 unspecified atom stereocenters. The number of hydrogen-bond donors (Lipinski definition) is 3. The lowest BCUT2D eigenvalue weighted by Crippen LogP contribution is -2.27. The third-order valence-electron chi connectivity index (χ3n) is 2.75. The topological polar surface area (TPSA) is 91.7 Å². The molecule has 0 saturated carbocycles. The number of rotatable bonds is 4. The molecule has 7 heteroatoms. The van der Waals surface area contributed by atoms with Crippen LogP contribution in [0.15, 0.2) is 18.2 Å². The molecule has 1 amide bonds. The number of methoxy groups -OCH3 is 1. The standard InChI is InChI=1S/C13H13ClN2O4/c1-20-7-2-3-8-9(6-7)12(14)16-10(11(8)18)13(19)15-4-5-17/h2-3,6,17-18H,4-5H2,1H3,(H,15,19). The summed E-state index contributed by atoms with van der Waals surface area (Å²) in [6.07, 6.45) is 0. The van der Waals surface area contributed by atoms with Gasteiger partial charge < -0.3 is 20.3 Å². The van der Waals surface area contributed by atoms with Gasteiger partial charge in [-0.3, -0.25) is 4.79 Å². The van der Waals surface area contributed by atoms with Crippen molar-refractivity contribution in [3.05, 3.63) is 29.0 Å². The molecular formula is C13H13ClN2O4. The molecule has 0 spiro atoms. The van der Waals surface area contributed by atoms with Crippen LogP contribution in [0.1, 0.15) is 10.5 Å². The normalized spacial score (nSPS) is 10.6. The fourth-order valence-corrected chi connectivity index (χ4v) is 2.02. The second kappa shape index (κ2) is 5.94. The van der Waals surface area contributed by atoms with Gasteiger partial charge in [0, 0.05) is 17.3 Å². The zero-order valence-electron chi connectivity index (χ0n) is 10.7. The number of nitrogens with zero attached hydrogens (tertiary/aromatic N) is 1. The lowest BCUT2D eigenvalue weighted by Gasteiger charge is -2.10. The molecule has 20 heavy (non-hydrogen) atoms. The number of hydrogen-bond acceptors (Lipinski definition) is 5. The van der Waals surface area contributed by atoms with E-state index in [0.717, 1.165) is 0 Å². The van der Waals surface area contributed by atoms with E-state index in [1.54, 1.807) is 18.2 Å². The van der Waals surface area contributed by atoms with Gasteiger partial charge in [-0.05, 0) is 18.2 Å². The molecule has 1 aromatic carbocycles. The molecule has 0 aliphatic rings. The van der Waals surface area contributed by atoms with E-state index >= 15 is 0 Å². The first kappa shape index (κ1) is 14.4. The number of ether oxygens (including phenoxy) is 1. The quantitative estimate of drug-likeness (QED) is 0.740. The molecule has 0 radical (unpaired) electrons. The second-order valence-corrected chi connectivity index (χ2v) is 4.35. The van der Waals surface area contributed by atoms with E-state index in [4.69, 9.17) is 21.4 Å². The van der Waals surface area contributed by atoms with Crippen LogP contribution in [0, 0.1) is 0 Å². The van der Waals surface area contributed by atoms with Gasteiger partial charge in [-0.2, -0.15) is 0 Å². The van der Waals surface area contributed by atoms with Crippen LogP contribution in [-0.4, -0.2) is 41.4 Å². The van der Waals surface area contributed by atoms with Crippen LogP contribution >= 0.6 is 11.6 Å². The third kappa shape index (κ3) is 2.61. The van der Waals surface area contributed by atoms with Crippen molar-refractivity contribution in [2.75, 3.05) is 20.3 Å². The first-order valence-corrected chi connectivity index (χ1v) is 6.21. The molecule has 0 bridgehead atoms. The fourth-order valence-electron chi connectivity index (χ4n) is 1.78. The van der Waals surface area contributed by atoms with E-state index < -0.39 is 5.91 Å². The van der Waals surface area contributed by atoms with Crippen molar-refractivity contribution in [1.82, 2.24) is 10.3 Å². The molecule has 0 aliphatic heterocycles. The maximum atomic E-state index is 11.8. The number of aliphatic hydroxyl groups excluding tert-OH is 1. The van der Waals surface area contributed by atoms with Crippen LogP contribution in [0.4, 0.5) is 0 Å². The van der Waals surface area contributed by atoms with Crippen LogP contribution < -0.4 is 10.1 Å². The highest BCUT2D eigenvalue weighted by atomic mass is 35.5. The van der Waals surface area contributed by atoms with Crippen molar-refractivity contribution in [3.8, 4) is 11.5 Å². The number of carbonyl (C=O) groups is 1. The number of pyridine rings is 1. The highest BCUT2D eigenvalue weighted by Gasteiger charge is 2.18. The van der Waals surface area contributed by atoms with Crippen molar-refractivity contribution in [3.63, 3.8) is 0 Å². The molecule has 6 nitrogen and oxygen atoms in total. The summed E-state index contributed by atoms with van der Waals surface area (Å²) in [5.74, 6) is -0.295. The lowest BCUT2D eigenvalue weighted by atomic mass is 10.1. The Labute approximate surface area is 120 Å². The number of nitrogens with one attached hydrogen (secondary N) is 1. The van der Waals surface area contributed by atoms with Crippen molar-refractivity contribution >= 4 is 28.3 Å². The van der Waals surface area contributed by atoms with Gasteiger partial charge in [-0.25, -0.2) is 4.98 Å². The Balaban J connectivity index is 2.54. The van der Waals surface area contributed by atoms with Gasteiger partial charge in [0.2, 0.25) is 0 Å². The van der Waals surface area contributed by atoms with Crippen molar-refractivity contribution in [2.24, 2.45) is 0 Å². The van der Waals surface area contributed by atoms with E-state index in [-0.39, 0.29) is 29.7 Å². The number of aromatic nitrogens is 1. The fraction of sp³-hybridized carbons (Fsp3) is 0.231. The molecule has 0 atom stereocenters. The van der Waals surface area contributed by atoms with E-state index in [9.17, 15) is 9.90 Å². The molecule has 2 rings (SSSR count). The minimum Gasteiger partial charge on any atom is -0.505 e. The summed E-state index contributed by atoms with van der Waals surface area (Å²) in [7, 11) is 1.51. The number of benzene rings is 1. The first-order chi connectivity index (χ1) is 9.58. The number of aliphatic hydroxyl groups is 1. The largest absolute Gasteiger partial charge is 0.505 e. The molecule has 2 aromatic rings. The number of halogens is 1.